The lowest BCUT2D eigenvalue weighted by molar-refractivity contribution is -0.0586. The van der Waals surface area contributed by atoms with Gasteiger partial charge in [-0.15, -0.1) is 5.10 Å². The molecule has 3 rings (SSSR count). The van der Waals surface area contributed by atoms with Crippen molar-refractivity contribution in [3.63, 3.8) is 0 Å². The quantitative estimate of drug-likeness (QED) is 0.403. The number of piperidine rings is 1. The van der Waals surface area contributed by atoms with Crippen molar-refractivity contribution >= 4 is 7.82 Å². The van der Waals surface area contributed by atoms with Gasteiger partial charge in [0, 0.05) is 0 Å². The molecule has 0 amide bonds. The second-order valence-corrected chi connectivity index (χ2v) is 7.20. The summed E-state index contributed by atoms with van der Waals surface area (Å²) in [4.78, 5) is 17.4. The van der Waals surface area contributed by atoms with Crippen LogP contribution >= 0.6 is 7.82 Å². The SMILES string of the molecule is O=P(O)(O)OC[C@H]1O[C@@H](n2cc(C3CCCCN3)nn2)[C@H](O)[C@@H]1O. The van der Waals surface area contributed by atoms with Gasteiger partial charge in [-0.1, -0.05) is 11.6 Å². The molecule has 5 atom stereocenters. The van der Waals surface area contributed by atoms with Gasteiger partial charge in [0.25, 0.3) is 0 Å². The van der Waals surface area contributed by atoms with Crippen molar-refractivity contribution in [2.75, 3.05) is 13.2 Å². The Bertz CT molecular complexity index is 602. The Balaban J connectivity index is 1.66. The standard InChI is InChI=1S/C12H21N4O7P/c17-10-9(6-22-24(19,20)21)23-12(11(10)18)16-5-8(14-15-16)7-3-1-2-4-13-7/h5,7,9-13,17-18H,1-4,6H2,(H2,19,20,21)/t7?,9-,10-,11-,12-/m1/s1. The van der Waals surface area contributed by atoms with Crippen molar-refractivity contribution < 1.29 is 33.8 Å². The van der Waals surface area contributed by atoms with E-state index >= 15 is 0 Å². The Morgan fingerprint density at radius 3 is 2.83 bits per heavy atom. The second kappa shape index (κ2) is 7.14. The average molecular weight is 364 g/mol. The maximum Gasteiger partial charge on any atom is 0.469 e. The summed E-state index contributed by atoms with van der Waals surface area (Å²) >= 11 is 0. The van der Waals surface area contributed by atoms with Crippen LogP contribution in [-0.2, 0) is 13.8 Å². The Hall–Kier alpha value is -0.910. The molecule has 3 heterocycles. The highest BCUT2D eigenvalue weighted by Crippen LogP contribution is 2.38. The van der Waals surface area contributed by atoms with Gasteiger partial charge in [0.2, 0.25) is 0 Å². The van der Waals surface area contributed by atoms with E-state index < -0.39 is 39.0 Å². The molecule has 0 spiro atoms. The van der Waals surface area contributed by atoms with E-state index in [9.17, 15) is 14.8 Å². The number of rotatable bonds is 5. The fourth-order valence-corrected chi connectivity index (χ4v) is 3.28. The summed E-state index contributed by atoms with van der Waals surface area (Å²) in [6.07, 6.45) is 0.0135. The fourth-order valence-electron chi connectivity index (χ4n) is 2.93. The molecule has 2 fully saturated rings. The van der Waals surface area contributed by atoms with Crippen LogP contribution in [0.15, 0.2) is 6.20 Å². The van der Waals surface area contributed by atoms with Gasteiger partial charge in [0.15, 0.2) is 6.23 Å². The Kier molecular flexibility index (Phi) is 5.33. The lowest BCUT2D eigenvalue weighted by Crippen LogP contribution is -2.33. The van der Waals surface area contributed by atoms with Crippen LogP contribution in [0.2, 0.25) is 0 Å². The lowest BCUT2D eigenvalue weighted by atomic mass is 10.0. The molecule has 1 aromatic heterocycles. The van der Waals surface area contributed by atoms with E-state index in [-0.39, 0.29) is 6.04 Å². The molecule has 0 radical (unpaired) electrons. The first-order valence-corrected chi connectivity index (χ1v) is 9.25. The number of nitrogens with zero attached hydrogens (tertiary/aromatic N) is 3. The summed E-state index contributed by atoms with van der Waals surface area (Å²) < 4.78 is 21.8. The third kappa shape index (κ3) is 4.01. The van der Waals surface area contributed by atoms with Gasteiger partial charge >= 0.3 is 7.82 Å². The van der Waals surface area contributed by atoms with Crippen LogP contribution in [0.3, 0.4) is 0 Å². The minimum absolute atomic E-state index is 0.0877. The van der Waals surface area contributed by atoms with E-state index in [1.165, 1.54) is 4.68 Å². The molecule has 11 nitrogen and oxygen atoms in total. The minimum atomic E-state index is -4.69. The van der Waals surface area contributed by atoms with Crippen LogP contribution in [0.25, 0.3) is 0 Å². The van der Waals surface area contributed by atoms with Crippen LogP contribution in [0.5, 0.6) is 0 Å². The summed E-state index contributed by atoms with van der Waals surface area (Å²) in [6.45, 7) is 0.353. The van der Waals surface area contributed by atoms with Crippen molar-refractivity contribution in [1.29, 1.82) is 0 Å². The molecular formula is C12H21N4O7P. The molecule has 24 heavy (non-hydrogen) atoms. The van der Waals surface area contributed by atoms with E-state index in [4.69, 9.17) is 14.5 Å². The average Bonchev–Trinajstić information content (AvgIpc) is 3.13. The summed E-state index contributed by atoms with van der Waals surface area (Å²) in [7, 11) is -4.69. The molecule has 0 bridgehead atoms. The third-order valence-corrected chi connectivity index (χ3v) is 4.69. The summed E-state index contributed by atoms with van der Waals surface area (Å²) in [6, 6.07) is 0.0877. The zero-order valence-corrected chi connectivity index (χ0v) is 13.7. The van der Waals surface area contributed by atoms with E-state index in [0.717, 1.165) is 31.5 Å². The van der Waals surface area contributed by atoms with Gasteiger partial charge in [0.1, 0.15) is 18.3 Å². The zero-order valence-electron chi connectivity index (χ0n) is 12.8. The predicted octanol–water partition coefficient (Wildman–Crippen LogP) is -1.18. The van der Waals surface area contributed by atoms with E-state index in [1.54, 1.807) is 6.20 Å². The first-order valence-electron chi connectivity index (χ1n) is 7.72. The van der Waals surface area contributed by atoms with Crippen LogP contribution in [0.4, 0.5) is 0 Å². The van der Waals surface area contributed by atoms with E-state index in [2.05, 4.69) is 20.2 Å². The van der Waals surface area contributed by atoms with Gasteiger partial charge in [-0.05, 0) is 19.4 Å². The summed E-state index contributed by atoms with van der Waals surface area (Å²) in [5.41, 5.74) is 0.718. The predicted molar refractivity (Wildman–Crippen MR) is 78.5 cm³/mol. The van der Waals surface area contributed by atoms with Gasteiger partial charge in [-0.3, -0.25) is 4.52 Å². The molecule has 0 saturated carbocycles. The summed E-state index contributed by atoms with van der Waals surface area (Å²) in [5, 5.41) is 31.4. The smallest absolute Gasteiger partial charge is 0.387 e. The molecule has 12 heteroatoms. The molecule has 0 aromatic carbocycles. The lowest BCUT2D eigenvalue weighted by Gasteiger charge is -2.21. The molecule has 1 aromatic rings. The monoisotopic (exact) mass is 364 g/mol. The van der Waals surface area contributed by atoms with Crippen LogP contribution < -0.4 is 5.32 Å². The van der Waals surface area contributed by atoms with E-state index in [0.29, 0.717) is 0 Å². The topological polar surface area (TPSA) is 159 Å². The molecule has 5 N–H and O–H groups in total. The highest BCUT2D eigenvalue weighted by molar-refractivity contribution is 7.46. The van der Waals surface area contributed by atoms with Crippen molar-refractivity contribution in [3.05, 3.63) is 11.9 Å². The maximum absolute atomic E-state index is 10.7. The van der Waals surface area contributed by atoms with E-state index in [1.807, 2.05) is 0 Å². The number of aromatic nitrogens is 3. The van der Waals surface area contributed by atoms with Crippen LogP contribution in [0.1, 0.15) is 37.2 Å². The molecule has 0 aliphatic carbocycles. The Morgan fingerprint density at radius 2 is 2.17 bits per heavy atom. The highest BCUT2D eigenvalue weighted by atomic mass is 31.2. The third-order valence-electron chi connectivity index (χ3n) is 4.20. The zero-order chi connectivity index (χ0) is 17.3. The number of aliphatic hydroxyl groups is 2. The van der Waals surface area contributed by atoms with Crippen LogP contribution in [0, 0.1) is 0 Å². The number of nitrogens with one attached hydrogen (secondary N) is 1. The normalized spacial score (nSPS) is 34.6. The molecular weight excluding hydrogens is 343 g/mol. The number of phosphoric ester groups is 1. The molecule has 2 aliphatic rings. The molecule has 2 aliphatic heterocycles. The molecule has 2 saturated heterocycles. The van der Waals surface area contributed by atoms with Gasteiger partial charge < -0.3 is 30.1 Å². The number of aliphatic hydroxyl groups excluding tert-OH is 2. The van der Waals surface area contributed by atoms with Gasteiger partial charge in [0.05, 0.1) is 24.5 Å². The second-order valence-electron chi connectivity index (χ2n) is 5.96. The Labute approximate surface area is 137 Å². The van der Waals surface area contributed by atoms with Crippen molar-refractivity contribution in [2.24, 2.45) is 0 Å². The maximum atomic E-state index is 10.7. The van der Waals surface area contributed by atoms with Gasteiger partial charge in [-0.2, -0.15) is 0 Å². The number of hydrogen-bond acceptors (Lipinski definition) is 8. The number of hydrogen-bond donors (Lipinski definition) is 5. The van der Waals surface area contributed by atoms with Crippen LogP contribution in [-0.4, -0.2) is 66.5 Å². The molecule has 1 unspecified atom stereocenters. The van der Waals surface area contributed by atoms with Crippen molar-refractivity contribution in [3.8, 4) is 0 Å². The number of phosphoric acid groups is 1. The highest BCUT2D eigenvalue weighted by Gasteiger charge is 2.45. The number of ether oxygens (including phenoxy) is 1. The fraction of sp³-hybridized carbons (Fsp3) is 0.833. The first-order chi connectivity index (χ1) is 11.3. The first kappa shape index (κ1) is 17.9. The molecule has 136 valence electrons. The van der Waals surface area contributed by atoms with Gasteiger partial charge in [-0.25, -0.2) is 9.25 Å². The van der Waals surface area contributed by atoms with Crippen molar-refractivity contribution in [2.45, 2.75) is 49.8 Å². The summed E-state index contributed by atoms with van der Waals surface area (Å²) in [5.74, 6) is 0. The minimum Gasteiger partial charge on any atom is -0.387 e. The Morgan fingerprint density at radius 1 is 1.38 bits per heavy atom. The van der Waals surface area contributed by atoms with Crippen molar-refractivity contribution in [1.82, 2.24) is 20.3 Å². The largest absolute Gasteiger partial charge is 0.469 e.